The Bertz CT molecular complexity index is 7920. The summed E-state index contributed by atoms with van der Waals surface area (Å²) in [4.78, 5) is 0. The molecule has 0 aliphatic carbocycles. The summed E-state index contributed by atoms with van der Waals surface area (Å²) < 4.78 is 15.0. The molecule has 0 fully saturated rings. The molecule has 6 aromatic heterocycles. The maximum absolute atomic E-state index is 2.45. The minimum atomic E-state index is 1.16. The van der Waals surface area contributed by atoms with Crippen LogP contribution in [-0.4, -0.2) is 18.3 Å². The van der Waals surface area contributed by atoms with Gasteiger partial charge in [0.25, 0.3) is 0 Å². The molecule has 0 saturated heterocycles. The van der Waals surface area contributed by atoms with Gasteiger partial charge in [-0.1, -0.05) is 267 Å². The largest absolute Gasteiger partial charge is 0.309 e. The molecule has 6 heterocycles. The molecule has 532 valence electrons. The zero-order valence-electron chi connectivity index (χ0n) is 61.9. The van der Waals surface area contributed by atoms with Gasteiger partial charge in [-0.25, -0.2) is 0 Å². The summed E-state index contributed by atoms with van der Waals surface area (Å²) >= 11 is 3.76. The predicted octanol–water partition coefficient (Wildman–Crippen LogP) is 30.5. The zero-order valence-corrected chi connectivity index (χ0v) is 63.5. The van der Waals surface area contributed by atoms with Crippen molar-refractivity contribution < 1.29 is 0 Å². The van der Waals surface area contributed by atoms with Gasteiger partial charge in [0.15, 0.2) is 0 Å². The minimum Gasteiger partial charge on any atom is -0.309 e. The number of para-hydroxylation sites is 2. The maximum atomic E-state index is 2.45. The fourth-order valence-electron chi connectivity index (χ4n) is 18.0. The van der Waals surface area contributed by atoms with Gasteiger partial charge >= 0.3 is 0 Å². The highest BCUT2D eigenvalue weighted by molar-refractivity contribution is 7.26. The molecule has 0 spiro atoms. The lowest BCUT2D eigenvalue weighted by Gasteiger charge is -2.11. The molecule has 18 aromatic carbocycles. The Morgan fingerprint density at radius 1 is 0.123 bits per heavy atom. The highest BCUT2D eigenvalue weighted by Gasteiger charge is 2.23. The topological polar surface area (TPSA) is 19.7 Å². The number of hydrogen-bond acceptors (Lipinski definition) is 2. The molecule has 0 atom stereocenters. The SMILES string of the molecule is c1ccc(-c2ccc(-n3c4ccc(-c5ccc6c(c5)c5ccccc5n6-c5cccc(-c6ccccc6)c5)cc4c4cc5c(cc43)sc3ccccc35)cc2)cc1.c1ccc(-c2ccc(-n3c4ccc(-c5ccc6c(c5)c5ccccc5n6-c5cccc(-c6ccccc6)c5)cc4c4cc5sc6ccccc6c5cc43)cc2)cc1. The van der Waals surface area contributed by atoms with Crippen LogP contribution in [0, 0.1) is 0 Å². The first-order chi connectivity index (χ1) is 56.5. The van der Waals surface area contributed by atoms with Crippen LogP contribution in [0.15, 0.2) is 413 Å². The lowest BCUT2D eigenvalue weighted by Crippen LogP contribution is -1.94. The van der Waals surface area contributed by atoms with Crippen molar-refractivity contribution in [2.24, 2.45) is 0 Å². The third-order valence-electron chi connectivity index (χ3n) is 23.4. The van der Waals surface area contributed by atoms with Crippen molar-refractivity contribution in [1.82, 2.24) is 18.3 Å². The van der Waals surface area contributed by atoms with Crippen LogP contribution in [0.3, 0.4) is 0 Å². The quantitative estimate of drug-likeness (QED) is 0.130. The average molecular weight is 1490 g/mol. The van der Waals surface area contributed by atoms with E-state index in [0.717, 1.165) is 22.7 Å². The average Bonchev–Trinajstić information content (AvgIpc) is 1.58. The molecule has 24 aromatic rings. The van der Waals surface area contributed by atoms with Crippen LogP contribution in [-0.2, 0) is 0 Å². The molecule has 0 aliphatic heterocycles. The van der Waals surface area contributed by atoms with Gasteiger partial charge < -0.3 is 18.3 Å². The smallest absolute Gasteiger partial charge is 0.0555 e. The van der Waals surface area contributed by atoms with E-state index in [1.165, 1.54) is 194 Å². The number of fused-ring (bicyclic) bond motifs is 18. The minimum absolute atomic E-state index is 1.16. The van der Waals surface area contributed by atoms with Gasteiger partial charge in [0.05, 0.1) is 44.1 Å². The number of rotatable bonds is 10. The Labute approximate surface area is 665 Å². The van der Waals surface area contributed by atoms with Crippen molar-refractivity contribution in [2.45, 2.75) is 0 Å². The Morgan fingerprint density at radius 3 is 0.816 bits per heavy atom. The molecular weight excluding hydrogens is 1420 g/mol. The van der Waals surface area contributed by atoms with Gasteiger partial charge in [-0.15, -0.1) is 22.7 Å². The van der Waals surface area contributed by atoms with Crippen molar-refractivity contribution in [3.8, 4) is 89.5 Å². The van der Waals surface area contributed by atoms with Gasteiger partial charge in [-0.05, 0) is 212 Å². The summed E-state index contributed by atoms with van der Waals surface area (Å²) in [7, 11) is 0. The van der Waals surface area contributed by atoms with Crippen molar-refractivity contribution in [3.05, 3.63) is 413 Å². The monoisotopic (exact) mass is 1480 g/mol. The summed E-state index contributed by atoms with van der Waals surface area (Å²) in [6.45, 7) is 0. The fourth-order valence-corrected chi connectivity index (χ4v) is 20.3. The first-order valence-corrected chi connectivity index (χ1v) is 40.6. The zero-order chi connectivity index (χ0) is 74.9. The van der Waals surface area contributed by atoms with E-state index in [1.807, 2.05) is 22.7 Å². The van der Waals surface area contributed by atoms with E-state index in [-0.39, 0.29) is 0 Å². The lowest BCUT2D eigenvalue weighted by molar-refractivity contribution is 1.18. The second-order valence-corrected chi connectivity index (χ2v) is 32.1. The van der Waals surface area contributed by atoms with Gasteiger partial charge in [-0.2, -0.15) is 0 Å². The molecular formula is C108H68N4S2. The van der Waals surface area contributed by atoms with Crippen molar-refractivity contribution in [1.29, 1.82) is 0 Å². The standard InChI is InChI=1S/2C54H34N2S/c1-3-12-35(13-4-1)37-22-26-41(27-23-37)55-51-29-25-40(32-46(51)47-34-54-48(33-52(47)55)44-19-8-10-21-53(44)57-54)39-24-28-50-45(31-39)43-18-7-9-20-49(43)56(50)42-17-11-16-38(30-42)36-14-5-2-6-15-36;1-3-12-35(13-4-1)37-22-26-41(27-23-37)55-51-29-25-40(32-46(51)47-33-48-44-19-8-10-21-53(44)57-54(48)34-52(47)55)39-24-28-50-45(31-39)43-18-7-9-20-49(43)56(50)42-17-11-16-38(30-42)36-14-5-2-6-15-36/h2*1-34H. The molecule has 0 saturated carbocycles. The summed E-state index contributed by atoms with van der Waals surface area (Å²) in [5, 5.41) is 15.3. The van der Waals surface area contributed by atoms with Crippen LogP contribution in [0.25, 0.3) is 217 Å². The molecule has 24 rings (SSSR count). The first kappa shape index (κ1) is 65.5. The number of hydrogen-bond donors (Lipinski definition) is 0. The van der Waals surface area contributed by atoms with Gasteiger partial charge in [0, 0.05) is 106 Å². The normalized spacial score (nSPS) is 11.9. The van der Waals surface area contributed by atoms with Crippen LogP contribution in [0.1, 0.15) is 0 Å². The third kappa shape index (κ3) is 10.9. The number of thiophene rings is 2. The van der Waals surface area contributed by atoms with Crippen LogP contribution < -0.4 is 0 Å². The highest BCUT2D eigenvalue weighted by Crippen LogP contribution is 2.47. The number of nitrogens with zero attached hydrogens (tertiary/aromatic N) is 4. The van der Waals surface area contributed by atoms with Crippen molar-refractivity contribution in [3.63, 3.8) is 0 Å². The molecule has 4 nitrogen and oxygen atoms in total. The second kappa shape index (κ2) is 26.7. The molecule has 0 bridgehead atoms. The van der Waals surface area contributed by atoms with E-state index >= 15 is 0 Å². The van der Waals surface area contributed by atoms with E-state index in [9.17, 15) is 0 Å². The number of aromatic nitrogens is 4. The van der Waals surface area contributed by atoms with Crippen LogP contribution in [0.5, 0.6) is 0 Å². The van der Waals surface area contributed by atoms with Crippen LogP contribution >= 0.6 is 22.7 Å². The van der Waals surface area contributed by atoms with Crippen LogP contribution in [0.4, 0.5) is 0 Å². The van der Waals surface area contributed by atoms with E-state index in [2.05, 4.69) is 431 Å². The summed E-state index contributed by atoms with van der Waals surface area (Å²) in [5.41, 5.74) is 28.9. The van der Waals surface area contributed by atoms with E-state index < -0.39 is 0 Å². The molecule has 0 N–H and O–H groups in total. The van der Waals surface area contributed by atoms with Crippen molar-refractivity contribution >= 4 is 150 Å². The highest BCUT2D eigenvalue weighted by atomic mass is 32.1. The molecule has 0 unspecified atom stereocenters. The second-order valence-electron chi connectivity index (χ2n) is 29.9. The molecule has 0 amide bonds. The third-order valence-corrected chi connectivity index (χ3v) is 25.7. The van der Waals surface area contributed by atoms with E-state index in [1.54, 1.807) is 0 Å². The molecule has 114 heavy (non-hydrogen) atoms. The fraction of sp³-hybridized carbons (Fsp3) is 0. The van der Waals surface area contributed by atoms with Crippen LogP contribution in [0.2, 0.25) is 0 Å². The Hall–Kier alpha value is -14.4. The Morgan fingerprint density at radius 2 is 0.395 bits per heavy atom. The molecule has 6 heteroatoms. The van der Waals surface area contributed by atoms with E-state index in [0.29, 0.717) is 0 Å². The van der Waals surface area contributed by atoms with Gasteiger partial charge in [-0.3, -0.25) is 0 Å². The first-order valence-electron chi connectivity index (χ1n) is 39.0. The Kier molecular flexibility index (Phi) is 15.3. The lowest BCUT2D eigenvalue weighted by atomic mass is 10.00. The maximum Gasteiger partial charge on any atom is 0.0555 e. The predicted molar refractivity (Wildman–Crippen MR) is 489 cm³/mol. The number of benzene rings is 18. The van der Waals surface area contributed by atoms with Gasteiger partial charge in [0.1, 0.15) is 0 Å². The molecule has 0 radical (unpaired) electrons. The van der Waals surface area contributed by atoms with Crippen molar-refractivity contribution in [2.75, 3.05) is 0 Å². The van der Waals surface area contributed by atoms with E-state index in [4.69, 9.17) is 0 Å². The Balaban J connectivity index is 0.000000135. The van der Waals surface area contributed by atoms with Gasteiger partial charge in [0.2, 0.25) is 0 Å². The molecule has 0 aliphatic rings. The summed E-state index contributed by atoms with van der Waals surface area (Å²) in [5.74, 6) is 0. The summed E-state index contributed by atoms with van der Waals surface area (Å²) in [6.07, 6.45) is 0. The summed E-state index contributed by atoms with van der Waals surface area (Å²) in [6, 6.07) is 151.